The number of guanidine groups is 1. The summed E-state index contributed by atoms with van der Waals surface area (Å²) in [6.45, 7) is 5.74. The standard InChI is InChI=1S/C13H25F3N4O2S/c1-3-7-18-12(17-4-2)19-10-11-5-8-20(9-6-11)23(21,22)13(14,15)16/h11H,3-10H2,1-2H3,(H2,17,18,19). The minimum Gasteiger partial charge on any atom is -0.357 e. The minimum absolute atomic E-state index is 0.0896. The second kappa shape index (κ2) is 8.72. The zero-order valence-electron chi connectivity index (χ0n) is 13.5. The molecule has 1 aliphatic rings. The lowest BCUT2D eigenvalue weighted by Crippen LogP contribution is -2.45. The van der Waals surface area contributed by atoms with Gasteiger partial charge in [0, 0.05) is 32.7 Å². The van der Waals surface area contributed by atoms with Crippen molar-refractivity contribution in [2.45, 2.75) is 38.6 Å². The molecule has 0 aromatic carbocycles. The van der Waals surface area contributed by atoms with E-state index < -0.39 is 15.5 Å². The van der Waals surface area contributed by atoms with Crippen LogP contribution in [0.25, 0.3) is 0 Å². The van der Waals surface area contributed by atoms with Crippen LogP contribution in [-0.4, -0.2) is 56.9 Å². The number of alkyl halides is 3. The highest BCUT2D eigenvalue weighted by atomic mass is 32.2. The normalized spacial score (nSPS) is 18.9. The van der Waals surface area contributed by atoms with Crippen molar-refractivity contribution in [3.05, 3.63) is 0 Å². The number of hydrogen-bond donors (Lipinski definition) is 2. The summed E-state index contributed by atoms with van der Waals surface area (Å²) in [5.41, 5.74) is -5.22. The zero-order chi connectivity index (χ0) is 17.5. The summed E-state index contributed by atoms with van der Waals surface area (Å²) in [5.74, 6) is 0.770. The first kappa shape index (κ1) is 20.0. The van der Waals surface area contributed by atoms with Gasteiger partial charge in [0.25, 0.3) is 0 Å². The molecule has 0 aliphatic carbocycles. The third-order valence-electron chi connectivity index (χ3n) is 3.60. The molecule has 136 valence electrons. The molecule has 0 saturated carbocycles. The van der Waals surface area contributed by atoms with Crippen LogP contribution in [0.4, 0.5) is 13.2 Å². The van der Waals surface area contributed by atoms with Crippen LogP contribution in [-0.2, 0) is 10.0 Å². The van der Waals surface area contributed by atoms with Crippen LogP contribution in [0.2, 0.25) is 0 Å². The Morgan fingerprint density at radius 3 is 2.30 bits per heavy atom. The first-order chi connectivity index (χ1) is 10.7. The van der Waals surface area contributed by atoms with Crippen molar-refractivity contribution >= 4 is 16.0 Å². The number of hydrogen-bond acceptors (Lipinski definition) is 3. The quantitative estimate of drug-likeness (QED) is 0.558. The number of halogens is 3. The predicted molar refractivity (Wildman–Crippen MR) is 83.5 cm³/mol. The van der Waals surface area contributed by atoms with Crippen molar-refractivity contribution < 1.29 is 21.6 Å². The largest absolute Gasteiger partial charge is 0.511 e. The lowest BCUT2D eigenvalue weighted by atomic mass is 9.98. The van der Waals surface area contributed by atoms with Crippen molar-refractivity contribution in [2.75, 3.05) is 32.7 Å². The molecule has 0 atom stereocenters. The first-order valence-corrected chi connectivity index (χ1v) is 9.25. The van der Waals surface area contributed by atoms with Gasteiger partial charge in [-0.15, -0.1) is 0 Å². The molecule has 1 saturated heterocycles. The van der Waals surface area contributed by atoms with Gasteiger partial charge in [0.2, 0.25) is 0 Å². The number of aliphatic imine (C=N–C) groups is 1. The fourth-order valence-electron chi connectivity index (χ4n) is 2.28. The molecule has 6 nitrogen and oxygen atoms in total. The Bertz CT molecular complexity index is 486. The van der Waals surface area contributed by atoms with Crippen LogP contribution < -0.4 is 10.6 Å². The van der Waals surface area contributed by atoms with Crippen molar-refractivity contribution in [3.63, 3.8) is 0 Å². The van der Waals surface area contributed by atoms with Crippen LogP contribution in [0.5, 0.6) is 0 Å². The predicted octanol–water partition coefficient (Wildman–Crippen LogP) is 1.51. The van der Waals surface area contributed by atoms with E-state index in [2.05, 4.69) is 15.6 Å². The number of nitrogens with zero attached hydrogens (tertiary/aromatic N) is 2. The molecule has 23 heavy (non-hydrogen) atoms. The van der Waals surface area contributed by atoms with E-state index in [-0.39, 0.29) is 19.0 Å². The Hall–Kier alpha value is -1.03. The highest BCUT2D eigenvalue weighted by molar-refractivity contribution is 7.90. The van der Waals surface area contributed by atoms with Crippen LogP contribution >= 0.6 is 0 Å². The van der Waals surface area contributed by atoms with E-state index in [4.69, 9.17) is 0 Å². The Balaban J connectivity index is 2.53. The lowest BCUT2D eigenvalue weighted by molar-refractivity contribution is -0.0496. The monoisotopic (exact) mass is 358 g/mol. The van der Waals surface area contributed by atoms with Gasteiger partial charge >= 0.3 is 15.5 Å². The van der Waals surface area contributed by atoms with Crippen molar-refractivity contribution in [3.8, 4) is 0 Å². The van der Waals surface area contributed by atoms with E-state index in [0.29, 0.717) is 29.7 Å². The van der Waals surface area contributed by atoms with Gasteiger partial charge in [0.15, 0.2) is 5.96 Å². The lowest BCUT2D eigenvalue weighted by Gasteiger charge is -2.30. The Morgan fingerprint density at radius 1 is 1.22 bits per heavy atom. The van der Waals surface area contributed by atoms with E-state index in [1.54, 1.807) is 0 Å². The second-order valence-corrected chi connectivity index (χ2v) is 7.37. The maximum atomic E-state index is 12.5. The number of nitrogens with one attached hydrogen (secondary N) is 2. The average molecular weight is 358 g/mol. The molecule has 0 radical (unpaired) electrons. The van der Waals surface area contributed by atoms with Gasteiger partial charge in [-0.05, 0) is 32.1 Å². The van der Waals surface area contributed by atoms with E-state index in [9.17, 15) is 21.6 Å². The van der Waals surface area contributed by atoms with Gasteiger partial charge in [-0.25, -0.2) is 8.42 Å². The van der Waals surface area contributed by atoms with Gasteiger partial charge in [0.05, 0.1) is 0 Å². The van der Waals surface area contributed by atoms with Crippen molar-refractivity contribution in [1.29, 1.82) is 0 Å². The van der Waals surface area contributed by atoms with E-state index in [0.717, 1.165) is 19.5 Å². The molecule has 1 fully saturated rings. The van der Waals surface area contributed by atoms with E-state index in [1.807, 2.05) is 13.8 Å². The Kier molecular flexibility index (Phi) is 7.59. The summed E-state index contributed by atoms with van der Waals surface area (Å²) in [5, 5.41) is 6.24. The molecule has 1 aliphatic heterocycles. The Labute approximate surface area is 135 Å². The van der Waals surface area contributed by atoms with Crippen molar-refractivity contribution in [2.24, 2.45) is 10.9 Å². The molecule has 0 bridgehead atoms. The molecule has 0 aromatic rings. The molecule has 0 amide bonds. The second-order valence-electron chi connectivity index (χ2n) is 5.44. The molecule has 1 heterocycles. The summed E-state index contributed by atoms with van der Waals surface area (Å²) in [4.78, 5) is 4.41. The third kappa shape index (κ3) is 5.83. The highest BCUT2D eigenvalue weighted by Gasteiger charge is 2.50. The summed E-state index contributed by atoms with van der Waals surface area (Å²) in [6.07, 6.45) is 1.72. The average Bonchev–Trinajstić information content (AvgIpc) is 2.49. The number of sulfonamides is 1. The molecular formula is C13H25F3N4O2S. The van der Waals surface area contributed by atoms with E-state index in [1.165, 1.54) is 0 Å². The van der Waals surface area contributed by atoms with Gasteiger partial charge < -0.3 is 10.6 Å². The third-order valence-corrected chi connectivity index (χ3v) is 5.23. The maximum Gasteiger partial charge on any atom is 0.511 e. The topological polar surface area (TPSA) is 73.8 Å². The van der Waals surface area contributed by atoms with Gasteiger partial charge in [-0.3, -0.25) is 4.99 Å². The fraction of sp³-hybridized carbons (Fsp3) is 0.923. The number of rotatable bonds is 6. The molecule has 0 aromatic heterocycles. The highest BCUT2D eigenvalue weighted by Crippen LogP contribution is 2.30. The SMILES string of the molecule is CCCNC(=NCC1CCN(S(=O)(=O)C(F)(F)F)CC1)NCC. The molecule has 0 spiro atoms. The summed E-state index contributed by atoms with van der Waals surface area (Å²) >= 11 is 0. The minimum atomic E-state index is -5.22. The van der Waals surface area contributed by atoms with Crippen molar-refractivity contribution in [1.82, 2.24) is 14.9 Å². The summed E-state index contributed by atoms with van der Waals surface area (Å²) in [6, 6.07) is 0. The Morgan fingerprint density at radius 2 is 1.83 bits per heavy atom. The van der Waals surface area contributed by atoms with Gasteiger partial charge in [-0.2, -0.15) is 17.5 Å². The zero-order valence-corrected chi connectivity index (χ0v) is 14.3. The van der Waals surface area contributed by atoms with Crippen LogP contribution in [0.15, 0.2) is 4.99 Å². The van der Waals surface area contributed by atoms with Gasteiger partial charge in [0.1, 0.15) is 0 Å². The molecule has 0 unspecified atom stereocenters. The summed E-state index contributed by atoms with van der Waals surface area (Å²) in [7, 11) is -5.20. The molecule has 2 N–H and O–H groups in total. The van der Waals surface area contributed by atoms with Crippen LogP contribution in [0.3, 0.4) is 0 Å². The van der Waals surface area contributed by atoms with E-state index >= 15 is 0 Å². The summed E-state index contributed by atoms with van der Waals surface area (Å²) < 4.78 is 60.7. The smallest absolute Gasteiger partial charge is 0.357 e. The van der Waals surface area contributed by atoms with Crippen LogP contribution in [0, 0.1) is 5.92 Å². The fourth-order valence-corrected chi connectivity index (χ4v) is 3.27. The van der Waals surface area contributed by atoms with Crippen LogP contribution in [0.1, 0.15) is 33.1 Å². The van der Waals surface area contributed by atoms with Gasteiger partial charge in [-0.1, -0.05) is 6.92 Å². The first-order valence-electron chi connectivity index (χ1n) is 7.81. The molecular weight excluding hydrogens is 333 g/mol. The number of piperidine rings is 1. The molecule has 10 heteroatoms. The maximum absolute atomic E-state index is 12.5. The molecule has 1 rings (SSSR count).